The molecule has 2 heterocycles. The summed E-state index contributed by atoms with van der Waals surface area (Å²) in [6, 6.07) is 29.9. The summed E-state index contributed by atoms with van der Waals surface area (Å²) in [4.78, 5) is 22.9. The van der Waals surface area contributed by atoms with Crippen molar-refractivity contribution in [3.05, 3.63) is 96.6 Å². The normalized spacial score (nSPS) is 10.7. The van der Waals surface area contributed by atoms with Gasteiger partial charge in [-0.3, -0.25) is 0 Å². The Bertz CT molecular complexity index is 1890. The Morgan fingerprint density at radius 3 is 1.53 bits per heavy atom. The highest BCUT2D eigenvalue weighted by Crippen LogP contribution is 2.34. The number of ether oxygens (including phenoxy) is 2. The molecule has 2 aromatic heterocycles. The fourth-order valence-corrected chi connectivity index (χ4v) is 4.97. The predicted molar refractivity (Wildman–Crippen MR) is 176 cm³/mol. The van der Waals surface area contributed by atoms with Crippen LogP contribution in [0.25, 0.3) is 44.6 Å². The van der Waals surface area contributed by atoms with E-state index in [1.165, 1.54) is 0 Å². The third kappa shape index (κ3) is 6.04. The van der Waals surface area contributed by atoms with Gasteiger partial charge in [-0.05, 0) is 55.0 Å². The molecular formula is C35H36N6O2. The lowest BCUT2D eigenvalue weighted by molar-refractivity contribution is 0.413. The molecule has 0 saturated heterocycles. The number of para-hydroxylation sites is 4. The first kappa shape index (κ1) is 29.3. The number of hydrogen-bond acceptors (Lipinski definition) is 8. The molecule has 0 aliphatic heterocycles. The van der Waals surface area contributed by atoms with Crippen molar-refractivity contribution in [2.24, 2.45) is 0 Å². The second-order valence-electron chi connectivity index (χ2n) is 10.4. The lowest BCUT2D eigenvalue weighted by atomic mass is 10.1. The lowest BCUT2D eigenvalue weighted by Crippen LogP contribution is -2.12. The first-order chi connectivity index (χ1) is 20.8. The van der Waals surface area contributed by atoms with Crippen LogP contribution < -0.4 is 19.3 Å². The van der Waals surface area contributed by atoms with E-state index in [2.05, 4.69) is 4.98 Å². The van der Waals surface area contributed by atoms with Gasteiger partial charge in [0.1, 0.15) is 23.1 Å². The van der Waals surface area contributed by atoms with E-state index in [0.717, 1.165) is 61.6 Å². The first-order valence-corrected chi connectivity index (χ1v) is 14.0. The number of fused-ring (bicyclic) bond motifs is 2. The third-order valence-electron chi connectivity index (χ3n) is 7.02. The van der Waals surface area contributed by atoms with Crippen molar-refractivity contribution < 1.29 is 9.47 Å². The topological polar surface area (TPSA) is 76.5 Å². The van der Waals surface area contributed by atoms with Crippen LogP contribution in [0, 0.1) is 6.92 Å². The number of nitrogens with zero attached hydrogens (tertiary/aromatic N) is 6. The molecule has 0 fully saturated rings. The minimum Gasteiger partial charge on any atom is -0.496 e. The molecule has 6 aromatic rings. The molecule has 0 unspecified atom stereocenters. The molecule has 218 valence electrons. The van der Waals surface area contributed by atoms with Crippen LogP contribution in [0.2, 0.25) is 0 Å². The van der Waals surface area contributed by atoms with Gasteiger partial charge in [-0.25, -0.2) is 19.9 Å². The first-order valence-electron chi connectivity index (χ1n) is 14.0. The van der Waals surface area contributed by atoms with E-state index in [9.17, 15) is 0 Å². The van der Waals surface area contributed by atoms with Crippen molar-refractivity contribution in [3.8, 4) is 34.3 Å². The number of methoxy groups -OCH3 is 2. The molecule has 0 aliphatic rings. The number of benzene rings is 4. The number of aromatic nitrogens is 4. The summed E-state index contributed by atoms with van der Waals surface area (Å²) in [5.74, 6) is 4.77. The molecule has 0 N–H and O–H groups in total. The van der Waals surface area contributed by atoms with Crippen LogP contribution in [-0.2, 0) is 0 Å². The van der Waals surface area contributed by atoms with E-state index in [4.69, 9.17) is 24.4 Å². The molecule has 4 aromatic carbocycles. The van der Waals surface area contributed by atoms with E-state index in [0.29, 0.717) is 11.6 Å². The van der Waals surface area contributed by atoms with Crippen molar-refractivity contribution in [1.29, 1.82) is 0 Å². The number of aryl methyl sites for hydroxylation is 1. The molecule has 43 heavy (non-hydrogen) atoms. The average Bonchev–Trinajstić information content (AvgIpc) is 3.03. The van der Waals surface area contributed by atoms with E-state index in [1.54, 1.807) is 14.2 Å². The van der Waals surface area contributed by atoms with Crippen molar-refractivity contribution in [2.45, 2.75) is 6.92 Å². The molecule has 6 rings (SSSR count). The Morgan fingerprint density at radius 1 is 0.512 bits per heavy atom. The Balaban J connectivity index is 0.000000171. The number of rotatable bonds is 6. The largest absolute Gasteiger partial charge is 0.496 e. The maximum Gasteiger partial charge on any atom is 0.165 e. The van der Waals surface area contributed by atoms with Crippen molar-refractivity contribution in [2.75, 3.05) is 52.2 Å². The zero-order chi connectivity index (χ0) is 30.5. The minimum atomic E-state index is 0.676. The van der Waals surface area contributed by atoms with Gasteiger partial charge in [-0.2, -0.15) is 0 Å². The smallest absolute Gasteiger partial charge is 0.165 e. The highest BCUT2D eigenvalue weighted by atomic mass is 16.5. The summed E-state index contributed by atoms with van der Waals surface area (Å²) in [7, 11) is 11.3. The van der Waals surface area contributed by atoms with Gasteiger partial charge >= 0.3 is 0 Å². The monoisotopic (exact) mass is 572 g/mol. The summed E-state index contributed by atoms with van der Waals surface area (Å²) in [5.41, 5.74) is 4.74. The molecule has 0 spiro atoms. The summed E-state index contributed by atoms with van der Waals surface area (Å²) in [6.07, 6.45) is 0. The zero-order valence-electron chi connectivity index (χ0n) is 25.7. The van der Waals surface area contributed by atoms with E-state index in [-0.39, 0.29) is 0 Å². The number of hydrogen-bond donors (Lipinski definition) is 0. The average molecular weight is 573 g/mol. The second-order valence-corrected chi connectivity index (χ2v) is 10.4. The molecule has 0 amide bonds. The van der Waals surface area contributed by atoms with Gasteiger partial charge in [-0.15, -0.1) is 0 Å². The Kier molecular flexibility index (Phi) is 8.66. The summed E-state index contributed by atoms with van der Waals surface area (Å²) in [6.45, 7) is 2.02. The SMILES string of the molecule is COc1c(C)cccc1-c1nc(N(C)C)c2ccccc2n1.COc1ccccc1-c1nc(N(C)C)c2ccccc2n1. The van der Waals surface area contributed by atoms with Crippen molar-refractivity contribution in [1.82, 2.24) is 19.9 Å². The Morgan fingerprint density at radius 2 is 1.00 bits per heavy atom. The van der Waals surface area contributed by atoms with Crippen LogP contribution in [0.5, 0.6) is 11.5 Å². The molecule has 0 saturated carbocycles. The molecule has 8 heteroatoms. The van der Waals surface area contributed by atoms with Crippen LogP contribution in [0.3, 0.4) is 0 Å². The zero-order valence-corrected chi connectivity index (χ0v) is 25.7. The minimum absolute atomic E-state index is 0.676. The highest BCUT2D eigenvalue weighted by molar-refractivity contribution is 5.92. The van der Waals surface area contributed by atoms with E-state index in [1.807, 2.05) is 136 Å². The molecule has 8 nitrogen and oxygen atoms in total. The van der Waals surface area contributed by atoms with Crippen LogP contribution in [0.15, 0.2) is 91.0 Å². The van der Waals surface area contributed by atoms with Crippen LogP contribution in [0.1, 0.15) is 5.56 Å². The fraction of sp³-hybridized carbons (Fsp3) is 0.200. The van der Waals surface area contributed by atoms with E-state index < -0.39 is 0 Å². The van der Waals surface area contributed by atoms with Crippen LogP contribution >= 0.6 is 0 Å². The quantitative estimate of drug-likeness (QED) is 0.210. The van der Waals surface area contributed by atoms with Crippen LogP contribution in [-0.4, -0.2) is 62.3 Å². The van der Waals surface area contributed by atoms with Crippen molar-refractivity contribution >= 4 is 33.4 Å². The molecule has 0 atom stereocenters. The van der Waals surface area contributed by atoms with Gasteiger partial charge in [0, 0.05) is 39.0 Å². The van der Waals surface area contributed by atoms with Gasteiger partial charge in [0.05, 0.1) is 36.4 Å². The summed E-state index contributed by atoms with van der Waals surface area (Å²) >= 11 is 0. The van der Waals surface area contributed by atoms with E-state index >= 15 is 0 Å². The van der Waals surface area contributed by atoms with Gasteiger partial charge in [0.15, 0.2) is 11.6 Å². The Hall–Kier alpha value is -5.24. The number of anilines is 2. The van der Waals surface area contributed by atoms with Gasteiger partial charge < -0.3 is 19.3 Å². The van der Waals surface area contributed by atoms with Gasteiger partial charge in [0.2, 0.25) is 0 Å². The molecular weight excluding hydrogens is 536 g/mol. The predicted octanol–water partition coefficient (Wildman–Crippen LogP) is 7.05. The molecule has 0 bridgehead atoms. The molecule has 0 radical (unpaired) electrons. The fourth-order valence-electron chi connectivity index (χ4n) is 4.97. The van der Waals surface area contributed by atoms with Crippen molar-refractivity contribution in [3.63, 3.8) is 0 Å². The second kappa shape index (κ2) is 12.7. The third-order valence-corrected chi connectivity index (χ3v) is 7.02. The Labute approximate surface area is 252 Å². The summed E-state index contributed by atoms with van der Waals surface area (Å²) < 4.78 is 11.0. The highest BCUT2D eigenvalue weighted by Gasteiger charge is 2.16. The maximum absolute atomic E-state index is 5.55. The standard InChI is InChI=1S/C18H19N3O.C17H17N3O/c1-12-8-7-10-14(16(12)22-4)17-19-15-11-6-5-9-13(15)18(20-17)21(2)3;1-20(2)17-12-8-4-6-10-14(12)18-16(19-17)13-9-5-7-11-15(13)21-3/h5-11H,1-4H3;4-11H,1-3H3. The lowest BCUT2D eigenvalue weighted by Gasteiger charge is -2.16. The maximum atomic E-state index is 5.55. The summed E-state index contributed by atoms with van der Waals surface area (Å²) in [5, 5.41) is 2.09. The van der Waals surface area contributed by atoms with Crippen LogP contribution in [0.4, 0.5) is 11.6 Å². The van der Waals surface area contributed by atoms with Gasteiger partial charge in [-0.1, -0.05) is 48.5 Å². The van der Waals surface area contributed by atoms with Gasteiger partial charge in [0.25, 0.3) is 0 Å². The molecule has 0 aliphatic carbocycles.